The van der Waals surface area contributed by atoms with Gasteiger partial charge in [-0.3, -0.25) is 19.1 Å². The van der Waals surface area contributed by atoms with Crippen LogP contribution in [0.15, 0.2) is 35.2 Å². The number of carbonyl (C=O) groups excluding carboxylic acids is 3. The lowest BCUT2D eigenvalue weighted by Gasteiger charge is -2.41. The van der Waals surface area contributed by atoms with Gasteiger partial charge in [0.25, 0.3) is 11.8 Å². The predicted molar refractivity (Wildman–Crippen MR) is 137 cm³/mol. The van der Waals surface area contributed by atoms with Crippen LogP contribution in [-0.2, 0) is 17.8 Å². The molecular formula is C26H35N5O3S. The molecule has 9 heteroatoms. The van der Waals surface area contributed by atoms with Crippen LogP contribution in [0.4, 0.5) is 0 Å². The van der Waals surface area contributed by atoms with Gasteiger partial charge in [-0.1, -0.05) is 37.8 Å². The summed E-state index contributed by atoms with van der Waals surface area (Å²) in [5.41, 5.74) is 0.580. The number of nitrogens with one attached hydrogen (secondary N) is 2. The molecule has 4 rings (SSSR count). The third-order valence-corrected chi connectivity index (χ3v) is 8.02. The molecule has 1 fully saturated rings. The maximum Gasteiger partial charge on any atom is 0.272 e. The highest BCUT2D eigenvalue weighted by Crippen LogP contribution is 2.27. The number of hydrogen-bond acceptors (Lipinski definition) is 5. The first kappa shape index (κ1) is 25.3. The summed E-state index contributed by atoms with van der Waals surface area (Å²) in [6, 6.07) is 9.91. The average Bonchev–Trinajstić information content (AvgIpc) is 3.11. The van der Waals surface area contributed by atoms with Crippen LogP contribution in [0.1, 0.15) is 72.0 Å². The molecule has 2 aromatic rings. The molecule has 0 saturated heterocycles. The standard InChI is InChI=1S/C26H35N5O3S/c1-26(25(34)28-19-8-6-4-5-7-9-19)17-31-22(24(33)30(26)2)16-21(29-31)23(32)27-15-14-18-10-12-20(35-3)13-11-18/h10-13,16,19H,4-9,14-15,17H2,1-3H3,(H,27,32)(H,28,34). The van der Waals surface area contributed by atoms with Crippen molar-refractivity contribution in [3.63, 3.8) is 0 Å². The number of nitrogens with zero attached hydrogens (tertiary/aromatic N) is 3. The van der Waals surface area contributed by atoms with Crippen LogP contribution in [0, 0.1) is 0 Å². The van der Waals surface area contributed by atoms with Crippen molar-refractivity contribution in [2.75, 3.05) is 19.8 Å². The van der Waals surface area contributed by atoms with Crippen LogP contribution in [0.2, 0.25) is 0 Å². The van der Waals surface area contributed by atoms with E-state index in [-0.39, 0.29) is 36.0 Å². The number of rotatable bonds is 7. The summed E-state index contributed by atoms with van der Waals surface area (Å²) in [4.78, 5) is 41.8. The molecule has 0 bridgehead atoms. The summed E-state index contributed by atoms with van der Waals surface area (Å²) in [5.74, 6) is -0.803. The molecular weight excluding hydrogens is 462 g/mol. The van der Waals surface area contributed by atoms with E-state index in [0.717, 1.165) is 31.2 Å². The van der Waals surface area contributed by atoms with Crippen molar-refractivity contribution in [3.05, 3.63) is 47.3 Å². The normalized spacial score (nSPS) is 20.8. The Balaban J connectivity index is 1.40. The SMILES string of the molecule is CSc1ccc(CCNC(=O)c2cc3n(n2)CC(C)(C(=O)NC2CCCCCC2)N(C)C3=O)cc1. The third kappa shape index (κ3) is 5.55. The van der Waals surface area contributed by atoms with Crippen molar-refractivity contribution in [2.45, 2.75) is 74.9 Å². The highest BCUT2D eigenvalue weighted by atomic mass is 32.2. The Morgan fingerprint density at radius 2 is 1.83 bits per heavy atom. The smallest absolute Gasteiger partial charge is 0.272 e. The number of thioether (sulfide) groups is 1. The van der Waals surface area contributed by atoms with E-state index >= 15 is 0 Å². The molecule has 1 aliphatic heterocycles. The molecule has 8 nitrogen and oxygen atoms in total. The van der Waals surface area contributed by atoms with Crippen LogP contribution in [0.3, 0.4) is 0 Å². The van der Waals surface area contributed by atoms with E-state index in [4.69, 9.17) is 0 Å². The first-order chi connectivity index (χ1) is 16.8. The van der Waals surface area contributed by atoms with Crippen molar-refractivity contribution in [2.24, 2.45) is 0 Å². The first-order valence-corrected chi connectivity index (χ1v) is 13.6. The fraction of sp³-hybridized carbons (Fsp3) is 0.538. The summed E-state index contributed by atoms with van der Waals surface area (Å²) < 4.78 is 1.51. The summed E-state index contributed by atoms with van der Waals surface area (Å²) >= 11 is 1.69. The van der Waals surface area contributed by atoms with Gasteiger partial charge in [0, 0.05) is 30.6 Å². The molecule has 2 N–H and O–H groups in total. The second-order valence-electron chi connectivity index (χ2n) is 9.73. The Morgan fingerprint density at radius 1 is 1.14 bits per heavy atom. The number of hydrogen-bond donors (Lipinski definition) is 2. The van der Waals surface area contributed by atoms with Gasteiger partial charge < -0.3 is 15.5 Å². The molecule has 1 aromatic heterocycles. The van der Waals surface area contributed by atoms with Gasteiger partial charge in [0.15, 0.2) is 5.69 Å². The van der Waals surface area contributed by atoms with Gasteiger partial charge in [-0.25, -0.2) is 0 Å². The van der Waals surface area contributed by atoms with Gasteiger partial charge in [0.1, 0.15) is 11.2 Å². The summed E-state index contributed by atoms with van der Waals surface area (Å²) in [5, 5.41) is 10.5. The van der Waals surface area contributed by atoms with E-state index in [2.05, 4.69) is 40.0 Å². The van der Waals surface area contributed by atoms with Crippen molar-refractivity contribution < 1.29 is 14.4 Å². The molecule has 1 unspecified atom stereocenters. The summed E-state index contributed by atoms with van der Waals surface area (Å²) in [6.45, 7) is 2.44. The largest absolute Gasteiger partial charge is 0.351 e. The minimum Gasteiger partial charge on any atom is -0.351 e. The fourth-order valence-electron chi connectivity index (χ4n) is 4.81. The maximum atomic E-state index is 13.3. The number of carbonyl (C=O) groups is 3. The van der Waals surface area contributed by atoms with E-state index in [9.17, 15) is 14.4 Å². The van der Waals surface area contributed by atoms with Gasteiger partial charge in [0.2, 0.25) is 5.91 Å². The molecule has 1 aliphatic carbocycles. The van der Waals surface area contributed by atoms with Crippen LogP contribution >= 0.6 is 11.8 Å². The number of likely N-dealkylation sites (N-methyl/N-ethyl adjacent to an activating group) is 1. The summed E-state index contributed by atoms with van der Waals surface area (Å²) in [7, 11) is 1.65. The molecule has 2 heterocycles. The van der Waals surface area contributed by atoms with Crippen LogP contribution in [0.5, 0.6) is 0 Å². The second-order valence-corrected chi connectivity index (χ2v) is 10.6. The molecule has 3 amide bonds. The van der Waals surface area contributed by atoms with E-state index in [1.165, 1.54) is 33.4 Å². The van der Waals surface area contributed by atoms with Crippen molar-refractivity contribution in [1.82, 2.24) is 25.3 Å². The monoisotopic (exact) mass is 497 g/mol. The van der Waals surface area contributed by atoms with Gasteiger partial charge in [-0.2, -0.15) is 5.10 Å². The first-order valence-electron chi connectivity index (χ1n) is 12.4. The minimum absolute atomic E-state index is 0.141. The van der Waals surface area contributed by atoms with E-state index in [0.29, 0.717) is 18.7 Å². The molecule has 188 valence electrons. The molecule has 0 spiro atoms. The number of benzene rings is 1. The van der Waals surface area contributed by atoms with E-state index < -0.39 is 5.54 Å². The van der Waals surface area contributed by atoms with Crippen molar-refractivity contribution in [1.29, 1.82) is 0 Å². The Labute approximate surface area is 211 Å². The van der Waals surface area contributed by atoms with Crippen LogP contribution in [0.25, 0.3) is 0 Å². The molecule has 1 saturated carbocycles. The highest BCUT2D eigenvalue weighted by Gasteiger charge is 2.46. The molecule has 1 atom stereocenters. The number of amides is 3. The molecule has 2 aliphatic rings. The number of fused-ring (bicyclic) bond motifs is 1. The average molecular weight is 498 g/mol. The Morgan fingerprint density at radius 3 is 2.49 bits per heavy atom. The predicted octanol–water partition coefficient (Wildman–Crippen LogP) is 3.26. The van der Waals surface area contributed by atoms with Gasteiger partial charge in [-0.15, -0.1) is 11.8 Å². The summed E-state index contributed by atoms with van der Waals surface area (Å²) in [6.07, 6.45) is 9.31. The Kier molecular flexibility index (Phi) is 7.84. The molecule has 1 aromatic carbocycles. The van der Waals surface area contributed by atoms with Crippen LogP contribution in [-0.4, -0.2) is 63.8 Å². The highest BCUT2D eigenvalue weighted by molar-refractivity contribution is 7.98. The van der Waals surface area contributed by atoms with Gasteiger partial charge in [-0.05, 0) is 50.1 Å². The second kappa shape index (κ2) is 10.8. The quantitative estimate of drug-likeness (QED) is 0.452. The number of aromatic nitrogens is 2. The fourth-order valence-corrected chi connectivity index (χ4v) is 5.21. The van der Waals surface area contributed by atoms with Crippen molar-refractivity contribution >= 4 is 29.5 Å². The zero-order valence-corrected chi connectivity index (χ0v) is 21.6. The lowest BCUT2D eigenvalue weighted by Crippen LogP contribution is -2.63. The Hall–Kier alpha value is -2.81. The maximum absolute atomic E-state index is 13.3. The zero-order valence-electron chi connectivity index (χ0n) is 20.8. The van der Waals surface area contributed by atoms with E-state index in [1.54, 1.807) is 25.7 Å². The Bertz CT molecular complexity index is 1080. The van der Waals surface area contributed by atoms with E-state index in [1.807, 2.05) is 6.26 Å². The zero-order chi connectivity index (χ0) is 25.0. The lowest BCUT2D eigenvalue weighted by atomic mass is 9.95. The van der Waals surface area contributed by atoms with Crippen LogP contribution < -0.4 is 10.6 Å². The van der Waals surface area contributed by atoms with Gasteiger partial charge >= 0.3 is 0 Å². The third-order valence-electron chi connectivity index (χ3n) is 7.27. The molecule has 0 radical (unpaired) electrons. The molecule has 35 heavy (non-hydrogen) atoms. The van der Waals surface area contributed by atoms with Gasteiger partial charge in [0.05, 0.1) is 6.54 Å². The van der Waals surface area contributed by atoms with Crippen molar-refractivity contribution in [3.8, 4) is 0 Å². The lowest BCUT2D eigenvalue weighted by molar-refractivity contribution is -0.133. The topological polar surface area (TPSA) is 96.3 Å². The minimum atomic E-state index is -1.07.